The lowest BCUT2D eigenvalue weighted by Gasteiger charge is -2.12. The molecule has 0 aliphatic heterocycles. The first-order chi connectivity index (χ1) is 13.8. The third-order valence-electron chi connectivity index (χ3n) is 4.25. The number of nitrogens with one attached hydrogen (secondary N) is 2. The molecular weight excluding hydrogens is 350 g/mol. The molecule has 146 valence electrons. The van der Waals surface area contributed by atoms with Crippen molar-refractivity contribution in [1.29, 1.82) is 0 Å². The molecule has 0 fully saturated rings. The zero-order chi connectivity index (χ0) is 19.4. The Morgan fingerprint density at radius 3 is 2.43 bits per heavy atom. The van der Waals surface area contributed by atoms with E-state index < -0.39 is 0 Å². The minimum Gasteiger partial charge on any atom is -0.467 e. The average molecular weight is 377 g/mol. The number of hydrogen-bond acceptors (Lipinski definition) is 3. The molecule has 0 amide bonds. The number of benzene rings is 2. The molecule has 1 aromatic heterocycles. The van der Waals surface area contributed by atoms with E-state index in [4.69, 9.17) is 14.1 Å². The summed E-state index contributed by atoms with van der Waals surface area (Å²) in [6.45, 7) is 5.20. The Balaban J connectivity index is 1.57. The van der Waals surface area contributed by atoms with Gasteiger partial charge < -0.3 is 19.8 Å². The smallest absolute Gasteiger partial charge is 0.191 e. The number of aliphatic imine (C=N–C) groups is 1. The molecule has 3 rings (SSSR count). The van der Waals surface area contributed by atoms with Gasteiger partial charge in [-0.15, -0.1) is 0 Å². The number of nitrogens with zero attached hydrogens (tertiary/aromatic N) is 1. The van der Waals surface area contributed by atoms with Gasteiger partial charge >= 0.3 is 0 Å². The third-order valence-corrected chi connectivity index (χ3v) is 4.25. The van der Waals surface area contributed by atoms with Gasteiger partial charge in [-0.1, -0.05) is 54.6 Å². The van der Waals surface area contributed by atoms with Crippen LogP contribution in [0.2, 0.25) is 0 Å². The highest BCUT2D eigenvalue weighted by atomic mass is 16.5. The molecule has 0 unspecified atom stereocenters. The standard InChI is InChI=1S/C23H27N3O2/c1-2-24-23(26-16-22-13-8-14-28-22)25-15-20-11-6-7-12-21(20)18-27-17-19-9-4-3-5-10-19/h3-14H,2,15-18H2,1H3,(H2,24,25,26). The average Bonchev–Trinajstić information content (AvgIpc) is 3.25. The van der Waals surface area contributed by atoms with Crippen LogP contribution in [0.3, 0.4) is 0 Å². The van der Waals surface area contributed by atoms with E-state index >= 15 is 0 Å². The van der Waals surface area contributed by atoms with Crippen LogP contribution in [0.1, 0.15) is 29.4 Å². The van der Waals surface area contributed by atoms with Crippen molar-refractivity contribution in [2.75, 3.05) is 6.54 Å². The molecule has 0 aliphatic rings. The summed E-state index contributed by atoms with van der Waals surface area (Å²) in [5.41, 5.74) is 3.49. The van der Waals surface area contributed by atoms with E-state index in [1.807, 2.05) is 42.5 Å². The SMILES string of the molecule is CCNC(=NCc1ccccc1COCc1ccccc1)NCc1ccco1. The molecular formula is C23H27N3O2. The van der Waals surface area contributed by atoms with Crippen molar-refractivity contribution < 1.29 is 9.15 Å². The molecule has 5 nitrogen and oxygen atoms in total. The summed E-state index contributed by atoms with van der Waals surface area (Å²) in [6, 6.07) is 22.3. The summed E-state index contributed by atoms with van der Waals surface area (Å²) in [4.78, 5) is 4.71. The Bertz CT molecular complexity index is 845. The fraction of sp³-hybridized carbons (Fsp3) is 0.261. The Kier molecular flexibility index (Phi) is 7.70. The van der Waals surface area contributed by atoms with Crippen LogP contribution >= 0.6 is 0 Å². The van der Waals surface area contributed by atoms with Gasteiger partial charge in [-0.3, -0.25) is 0 Å². The molecule has 0 saturated carbocycles. The minimum atomic E-state index is 0.566. The predicted octanol–water partition coefficient (Wildman–Crippen LogP) is 4.25. The van der Waals surface area contributed by atoms with Crippen LogP contribution in [0, 0.1) is 0 Å². The van der Waals surface area contributed by atoms with Gasteiger partial charge in [0.2, 0.25) is 0 Å². The van der Waals surface area contributed by atoms with Crippen molar-refractivity contribution in [1.82, 2.24) is 10.6 Å². The Morgan fingerprint density at radius 2 is 1.68 bits per heavy atom. The maximum atomic E-state index is 5.91. The van der Waals surface area contributed by atoms with E-state index in [0.29, 0.717) is 26.3 Å². The maximum absolute atomic E-state index is 5.91. The summed E-state index contributed by atoms with van der Waals surface area (Å²) >= 11 is 0. The number of guanidine groups is 1. The molecule has 0 saturated heterocycles. The fourth-order valence-electron chi connectivity index (χ4n) is 2.80. The minimum absolute atomic E-state index is 0.566. The van der Waals surface area contributed by atoms with E-state index in [1.165, 1.54) is 5.56 Å². The summed E-state index contributed by atoms with van der Waals surface area (Å²) < 4.78 is 11.3. The quantitative estimate of drug-likeness (QED) is 0.432. The van der Waals surface area contributed by atoms with Gasteiger partial charge in [-0.05, 0) is 35.7 Å². The monoisotopic (exact) mass is 377 g/mol. The van der Waals surface area contributed by atoms with Crippen molar-refractivity contribution in [3.8, 4) is 0 Å². The predicted molar refractivity (Wildman–Crippen MR) is 112 cm³/mol. The van der Waals surface area contributed by atoms with Gasteiger partial charge in [-0.2, -0.15) is 0 Å². The Labute approximate surface area is 166 Å². The molecule has 2 N–H and O–H groups in total. The zero-order valence-corrected chi connectivity index (χ0v) is 16.2. The van der Waals surface area contributed by atoms with Crippen molar-refractivity contribution in [3.63, 3.8) is 0 Å². The number of ether oxygens (including phenoxy) is 1. The third kappa shape index (κ3) is 6.28. The molecule has 1 heterocycles. The summed E-state index contributed by atoms with van der Waals surface area (Å²) in [7, 11) is 0. The van der Waals surface area contributed by atoms with Crippen LogP contribution in [0.15, 0.2) is 82.4 Å². The second-order valence-corrected chi connectivity index (χ2v) is 6.38. The molecule has 0 radical (unpaired) electrons. The molecule has 0 atom stereocenters. The van der Waals surface area contributed by atoms with Gasteiger partial charge in [-0.25, -0.2) is 4.99 Å². The molecule has 28 heavy (non-hydrogen) atoms. The van der Waals surface area contributed by atoms with E-state index in [9.17, 15) is 0 Å². The highest BCUT2D eigenvalue weighted by Crippen LogP contribution is 2.13. The summed E-state index contributed by atoms with van der Waals surface area (Å²) in [5, 5.41) is 6.56. The summed E-state index contributed by atoms with van der Waals surface area (Å²) in [5.74, 6) is 1.64. The van der Waals surface area contributed by atoms with Gasteiger partial charge in [0.1, 0.15) is 5.76 Å². The van der Waals surface area contributed by atoms with Crippen molar-refractivity contribution in [3.05, 3.63) is 95.4 Å². The lowest BCUT2D eigenvalue weighted by Crippen LogP contribution is -2.36. The molecule has 0 spiro atoms. The van der Waals surface area contributed by atoms with Gasteiger partial charge in [0.25, 0.3) is 0 Å². The summed E-state index contributed by atoms with van der Waals surface area (Å²) in [6.07, 6.45) is 1.67. The van der Waals surface area contributed by atoms with E-state index in [-0.39, 0.29) is 0 Å². The Morgan fingerprint density at radius 1 is 0.893 bits per heavy atom. The normalized spacial score (nSPS) is 11.4. The number of rotatable bonds is 9. The molecule has 5 heteroatoms. The lowest BCUT2D eigenvalue weighted by molar-refractivity contribution is 0.106. The first-order valence-corrected chi connectivity index (χ1v) is 9.58. The van der Waals surface area contributed by atoms with E-state index in [2.05, 4.69) is 41.8 Å². The van der Waals surface area contributed by atoms with Crippen LogP contribution in [0.4, 0.5) is 0 Å². The Hall–Kier alpha value is -3.05. The van der Waals surface area contributed by atoms with Crippen molar-refractivity contribution in [2.24, 2.45) is 4.99 Å². The lowest BCUT2D eigenvalue weighted by atomic mass is 10.1. The second kappa shape index (κ2) is 10.9. The molecule has 2 aromatic carbocycles. The zero-order valence-electron chi connectivity index (χ0n) is 16.2. The van der Waals surface area contributed by atoms with Crippen LogP contribution in [-0.2, 0) is 31.0 Å². The maximum Gasteiger partial charge on any atom is 0.191 e. The topological polar surface area (TPSA) is 58.8 Å². The van der Waals surface area contributed by atoms with E-state index in [0.717, 1.165) is 29.4 Å². The van der Waals surface area contributed by atoms with Crippen LogP contribution in [-0.4, -0.2) is 12.5 Å². The molecule has 0 bridgehead atoms. The molecule has 3 aromatic rings. The van der Waals surface area contributed by atoms with Crippen molar-refractivity contribution >= 4 is 5.96 Å². The first-order valence-electron chi connectivity index (χ1n) is 9.58. The fourth-order valence-corrected chi connectivity index (χ4v) is 2.80. The van der Waals surface area contributed by atoms with E-state index in [1.54, 1.807) is 6.26 Å². The highest BCUT2D eigenvalue weighted by molar-refractivity contribution is 5.79. The van der Waals surface area contributed by atoms with Gasteiger partial charge in [0.15, 0.2) is 5.96 Å². The van der Waals surface area contributed by atoms with Gasteiger partial charge in [0, 0.05) is 6.54 Å². The number of furan rings is 1. The van der Waals surface area contributed by atoms with Gasteiger partial charge in [0.05, 0.1) is 32.6 Å². The van der Waals surface area contributed by atoms with Crippen LogP contribution in [0.5, 0.6) is 0 Å². The highest BCUT2D eigenvalue weighted by Gasteiger charge is 2.04. The molecule has 0 aliphatic carbocycles. The van der Waals surface area contributed by atoms with Crippen LogP contribution < -0.4 is 10.6 Å². The first kappa shape index (κ1) is 19.7. The van der Waals surface area contributed by atoms with Crippen molar-refractivity contribution in [2.45, 2.75) is 33.2 Å². The van der Waals surface area contributed by atoms with Crippen LogP contribution in [0.25, 0.3) is 0 Å². The second-order valence-electron chi connectivity index (χ2n) is 6.38. The largest absolute Gasteiger partial charge is 0.467 e. The number of hydrogen-bond donors (Lipinski definition) is 2.